The number of nitrogens with zero attached hydrogens (tertiary/aromatic N) is 1. The molecule has 4 aliphatic rings. The van der Waals surface area contributed by atoms with Gasteiger partial charge in [-0.3, -0.25) is 4.79 Å². The van der Waals surface area contributed by atoms with E-state index in [1.165, 1.54) is 7.11 Å². The number of carbonyl (C=O) groups excluding carboxylic acids is 1. The molecule has 20 atom stereocenters. The van der Waals surface area contributed by atoms with Crippen molar-refractivity contribution in [2.45, 2.75) is 172 Å². The molecular weight excluding hydrogens is 676 g/mol. The van der Waals surface area contributed by atoms with Gasteiger partial charge in [-0.25, -0.2) is 0 Å². The molecule has 304 valence electrons. The minimum atomic E-state index is -1.65. The lowest BCUT2D eigenvalue weighted by atomic mass is 9.74. The van der Waals surface area contributed by atoms with E-state index in [4.69, 9.17) is 43.6 Å². The van der Waals surface area contributed by atoms with Gasteiger partial charge in [0.1, 0.15) is 23.9 Å². The molecule has 0 spiro atoms. The van der Waals surface area contributed by atoms with Gasteiger partial charge in [-0.1, -0.05) is 27.7 Å². The average molecular weight is 747 g/mol. The zero-order chi connectivity index (χ0) is 39.2. The highest BCUT2D eigenvalue weighted by Crippen LogP contribution is 2.52. The number of hydrogen-bond donors (Lipinski definition) is 4. The minimum Gasteiger partial charge on any atom is -0.458 e. The Hall–Kier alpha value is -1.01. The van der Waals surface area contributed by atoms with E-state index >= 15 is 0 Å². The number of rotatable bonds is 8. The monoisotopic (exact) mass is 746 g/mol. The summed E-state index contributed by atoms with van der Waals surface area (Å²) in [6.07, 6.45) is -6.37. The summed E-state index contributed by atoms with van der Waals surface area (Å²) >= 11 is 0. The molecule has 0 aromatic carbocycles. The average Bonchev–Trinajstić information content (AvgIpc) is 3.63. The molecule has 3 heterocycles. The van der Waals surface area contributed by atoms with Crippen molar-refractivity contribution in [2.24, 2.45) is 35.3 Å². The molecule has 0 bridgehead atoms. The van der Waals surface area contributed by atoms with E-state index < -0.39 is 108 Å². The number of likely N-dealkylation sites (N-methyl/N-ethyl adjacent to an activating group) is 1. The molecule has 3 saturated heterocycles. The van der Waals surface area contributed by atoms with Crippen molar-refractivity contribution in [3.8, 4) is 0 Å². The second-order valence-corrected chi connectivity index (χ2v) is 17.1. The zero-order valence-corrected chi connectivity index (χ0v) is 34.0. The summed E-state index contributed by atoms with van der Waals surface area (Å²) in [4.78, 5) is 16.3. The van der Waals surface area contributed by atoms with E-state index in [1.807, 2.05) is 48.7 Å². The molecule has 5 N–H and O–H groups in total. The van der Waals surface area contributed by atoms with E-state index in [1.54, 1.807) is 41.9 Å². The number of esters is 1. The van der Waals surface area contributed by atoms with Crippen LogP contribution in [0.4, 0.5) is 0 Å². The van der Waals surface area contributed by atoms with E-state index in [2.05, 4.69) is 4.90 Å². The van der Waals surface area contributed by atoms with Crippen LogP contribution in [0.15, 0.2) is 0 Å². The molecule has 0 amide bonds. The number of methoxy groups -OCH3 is 3. The van der Waals surface area contributed by atoms with Gasteiger partial charge in [-0.15, -0.1) is 0 Å². The van der Waals surface area contributed by atoms with Crippen LogP contribution in [-0.2, 0) is 42.7 Å². The van der Waals surface area contributed by atoms with Crippen molar-refractivity contribution in [3.05, 3.63) is 0 Å². The molecule has 0 aromatic heterocycles. The lowest BCUT2D eigenvalue weighted by molar-refractivity contribution is -0.321. The smallest absolute Gasteiger partial charge is 0.311 e. The van der Waals surface area contributed by atoms with Crippen LogP contribution in [0.1, 0.15) is 81.6 Å². The topological polar surface area (TPSA) is 181 Å². The Kier molecular flexibility index (Phi) is 14.0. The largest absolute Gasteiger partial charge is 0.458 e. The third-order valence-corrected chi connectivity index (χ3v) is 13.3. The highest BCUT2D eigenvalue weighted by atomic mass is 16.7. The first kappa shape index (κ1) is 43.7. The second-order valence-electron chi connectivity index (χ2n) is 17.1. The SMILES string of the molecule is CO[C@H]1[C@H](O[C@@H]2[C@@H](C)[C@H](O[C@H]3C[C@@](C)(OC)[C@@H](O)[C@H](C)O3)[C@@H](C)C(=O)O[C@@H]3C(C)[C@]3(O)[C@H](O)[C@@H](C)[C@@H](N)[C@H](C)C[C@]2(C)OC)O[C@H](C)C[C@@H]1N(C)C. The summed E-state index contributed by atoms with van der Waals surface area (Å²) in [6, 6.07) is -0.569. The number of aliphatic hydroxyl groups is 3. The predicted octanol–water partition coefficient (Wildman–Crippen LogP) is 2.07. The maximum Gasteiger partial charge on any atom is 0.311 e. The zero-order valence-electron chi connectivity index (χ0n) is 34.0. The van der Waals surface area contributed by atoms with Gasteiger partial charge in [0, 0.05) is 57.6 Å². The Morgan fingerprint density at radius 2 is 1.46 bits per heavy atom. The predicted molar refractivity (Wildman–Crippen MR) is 192 cm³/mol. The first-order valence-electron chi connectivity index (χ1n) is 19.1. The lowest BCUT2D eigenvalue weighted by Gasteiger charge is -2.50. The summed E-state index contributed by atoms with van der Waals surface area (Å²) in [5.74, 6) is -3.38. The molecule has 1 aliphatic carbocycles. The van der Waals surface area contributed by atoms with Crippen LogP contribution in [0.25, 0.3) is 0 Å². The van der Waals surface area contributed by atoms with Crippen molar-refractivity contribution in [3.63, 3.8) is 0 Å². The highest BCUT2D eigenvalue weighted by molar-refractivity contribution is 5.73. The summed E-state index contributed by atoms with van der Waals surface area (Å²) < 4.78 is 50.8. The molecule has 4 fully saturated rings. The van der Waals surface area contributed by atoms with E-state index in [0.717, 1.165) is 6.42 Å². The van der Waals surface area contributed by atoms with Gasteiger partial charge in [0.2, 0.25) is 0 Å². The van der Waals surface area contributed by atoms with E-state index in [-0.39, 0.29) is 24.5 Å². The number of hydrogen-bond acceptors (Lipinski definition) is 14. The van der Waals surface area contributed by atoms with Gasteiger partial charge in [-0.05, 0) is 67.5 Å². The standard InChI is InChI=1S/C38H70N2O12/c1-18-16-37(9,47-14)32(52-35-29(45-12)25(40(10)11)15-19(2)48-35)21(4)28(50-26-17-36(8,46-13)31(42)24(7)49-26)22(5)34(43)51-33-23(6)38(33,44)30(41)20(3)27(18)39/h18-33,35,41-42,44H,15-17,39H2,1-14H3/t18-,19-,20+,21+,22-,23?,24+,25+,26+,27+,28+,29-,30-,31+,32-,33-,35+,36-,37+,38+/m1/s1. The fourth-order valence-corrected chi connectivity index (χ4v) is 9.28. The normalized spacial score (nSPS) is 52.4. The Morgan fingerprint density at radius 3 is 2.02 bits per heavy atom. The fourth-order valence-electron chi connectivity index (χ4n) is 9.28. The minimum absolute atomic E-state index is 0.00782. The molecule has 4 rings (SSSR count). The molecule has 0 aromatic rings. The number of aliphatic hydroxyl groups excluding tert-OH is 2. The first-order valence-corrected chi connectivity index (χ1v) is 19.1. The number of nitrogens with two attached hydrogens (primary N) is 1. The van der Waals surface area contributed by atoms with E-state index in [0.29, 0.717) is 6.42 Å². The molecule has 3 aliphatic heterocycles. The summed E-state index contributed by atoms with van der Waals surface area (Å²) in [6.45, 7) is 16.7. The third kappa shape index (κ3) is 8.24. The molecule has 0 radical (unpaired) electrons. The molecule has 52 heavy (non-hydrogen) atoms. The number of ether oxygens (including phenoxy) is 8. The lowest BCUT2D eigenvalue weighted by Crippen LogP contribution is -2.61. The Labute approximate surface area is 311 Å². The molecular formula is C38H70N2O12. The van der Waals surface area contributed by atoms with E-state index in [9.17, 15) is 20.1 Å². The van der Waals surface area contributed by atoms with Crippen LogP contribution >= 0.6 is 0 Å². The van der Waals surface area contributed by atoms with Crippen LogP contribution in [-0.4, -0.2) is 152 Å². The van der Waals surface area contributed by atoms with Crippen molar-refractivity contribution < 1.29 is 58.0 Å². The van der Waals surface area contributed by atoms with Crippen LogP contribution in [0.3, 0.4) is 0 Å². The maximum atomic E-state index is 14.2. The van der Waals surface area contributed by atoms with Crippen LogP contribution in [0.2, 0.25) is 0 Å². The summed E-state index contributed by atoms with van der Waals surface area (Å²) in [7, 11) is 8.80. The number of carbonyl (C=O) groups is 1. The summed E-state index contributed by atoms with van der Waals surface area (Å²) in [5.41, 5.74) is 3.19. The van der Waals surface area contributed by atoms with Crippen molar-refractivity contribution in [2.75, 3.05) is 35.4 Å². The van der Waals surface area contributed by atoms with Gasteiger partial charge in [0.15, 0.2) is 12.6 Å². The Morgan fingerprint density at radius 1 is 0.846 bits per heavy atom. The molecule has 1 unspecified atom stereocenters. The Balaban J connectivity index is 1.84. The van der Waals surface area contributed by atoms with Gasteiger partial charge in [-0.2, -0.15) is 0 Å². The van der Waals surface area contributed by atoms with Gasteiger partial charge in [0.05, 0.1) is 47.6 Å². The van der Waals surface area contributed by atoms with Crippen LogP contribution in [0, 0.1) is 29.6 Å². The number of fused-ring (bicyclic) bond motifs is 1. The fraction of sp³-hybridized carbons (Fsp3) is 0.974. The highest BCUT2D eigenvalue weighted by Gasteiger charge is 2.70. The van der Waals surface area contributed by atoms with Crippen molar-refractivity contribution in [1.82, 2.24) is 4.90 Å². The quantitative estimate of drug-likeness (QED) is 0.265. The molecule has 14 nitrogen and oxygen atoms in total. The van der Waals surface area contributed by atoms with Crippen molar-refractivity contribution in [1.29, 1.82) is 0 Å². The third-order valence-electron chi connectivity index (χ3n) is 13.3. The van der Waals surface area contributed by atoms with Crippen LogP contribution < -0.4 is 5.73 Å². The maximum absolute atomic E-state index is 14.2. The first-order chi connectivity index (χ1) is 24.1. The van der Waals surface area contributed by atoms with Crippen LogP contribution in [0.5, 0.6) is 0 Å². The molecule has 1 saturated carbocycles. The van der Waals surface area contributed by atoms with Crippen molar-refractivity contribution >= 4 is 5.97 Å². The van der Waals surface area contributed by atoms with Gasteiger partial charge in [0.25, 0.3) is 0 Å². The Bertz CT molecular complexity index is 1200. The second kappa shape index (κ2) is 16.6. The molecule has 14 heteroatoms. The summed E-state index contributed by atoms with van der Waals surface area (Å²) in [5, 5.41) is 34.1. The van der Waals surface area contributed by atoms with Gasteiger partial charge >= 0.3 is 5.97 Å². The van der Waals surface area contributed by atoms with Gasteiger partial charge < -0.3 is 63.8 Å².